The summed E-state index contributed by atoms with van der Waals surface area (Å²) in [5, 5.41) is 3.56. The molecule has 0 saturated heterocycles. The minimum atomic E-state index is -0.611. The van der Waals surface area contributed by atoms with Crippen molar-refractivity contribution in [2.75, 3.05) is 6.61 Å². The van der Waals surface area contributed by atoms with E-state index in [0.29, 0.717) is 23.1 Å². The Kier molecular flexibility index (Phi) is 10.0. The molecule has 174 valence electrons. The highest BCUT2D eigenvalue weighted by atomic mass is 35.5. The van der Waals surface area contributed by atoms with Gasteiger partial charge in [0.05, 0.1) is 0 Å². The van der Waals surface area contributed by atoms with Gasteiger partial charge in [-0.15, -0.1) is 0 Å². The fourth-order valence-corrected chi connectivity index (χ4v) is 3.54. The second-order valence-corrected chi connectivity index (χ2v) is 8.77. The number of carbonyl (C=O) groups is 2. The molecule has 0 saturated carbocycles. The molecule has 0 bridgehead atoms. The first-order valence-corrected chi connectivity index (χ1v) is 11.7. The Bertz CT molecular complexity index is 883. The van der Waals surface area contributed by atoms with Gasteiger partial charge in [0.2, 0.25) is 5.91 Å². The molecule has 6 heteroatoms. The molecular formula is C26H35ClN2O3. The van der Waals surface area contributed by atoms with Gasteiger partial charge in [0, 0.05) is 17.6 Å². The van der Waals surface area contributed by atoms with Crippen molar-refractivity contribution >= 4 is 23.4 Å². The average Bonchev–Trinajstić information content (AvgIpc) is 2.78. The highest BCUT2D eigenvalue weighted by Gasteiger charge is 2.30. The Morgan fingerprint density at radius 3 is 2.22 bits per heavy atom. The number of rotatable bonds is 11. The molecule has 2 amide bonds. The summed E-state index contributed by atoms with van der Waals surface area (Å²) in [6.45, 7) is 10.2. The van der Waals surface area contributed by atoms with Crippen molar-refractivity contribution in [2.24, 2.45) is 0 Å². The number of halogens is 1. The summed E-state index contributed by atoms with van der Waals surface area (Å²) in [7, 11) is 0. The van der Waals surface area contributed by atoms with E-state index >= 15 is 0 Å². The molecule has 2 rings (SSSR count). The maximum absolute atomic E-state index is 13.2. The summed E-state index contributed by atoms with van der Waals surface area (Å²) in [6.07, 6.45) is 1.30. The van der Waals surface area contributed by atoms with Gasteiger partial charge in [0.25, 0.3) is 5.91 Å². The lowest BCUT2D eigenvalue weighted by Gasteiger charge is -2.31. The Hall–Kier alpha value is -2.53. The summed E-state index contributed by atoms with van der Waals surface area (Å²) in [5.74, 6) is 0.622. The van der Waals surface area contributed by atoms with E-state index in [-0.39, 0.29) is 31.0 Å². The van der Waals surface area contributed by atoms with E-state index in [9.17, 15) is 9.59 Å². The van der Waals surface area contributed by atoms with Crippen molar-refractivity contribution < 1.29 is 14.3 Å². The zero-order chi connectivity index (χ0) is 23.7. The number of nitrogens with zero attached hydrogens (tertiary/aromatic N) is 1. The number of benzene rings is 2. The number of nitrogens with one attached hydrogen (secondary N) is 1. The Morgan fingerprint density at radius 2 is 1.66 bits per heavy atom. The fourth-order valence-electron chi connectivity index (χ4n) is 3.35. The first-order valence-electron chi connectivity index (χ1n) is 11.3. The molecule has 32 heavy (non-hydrogen) atoms. The molecule has 0 unspecified atom stereocenters. The van der Waals surface area contributed by atoms with Crippen LogP contribution in [-0.4, -0.2) is 35.4 Å². The van der Waals surface area contributed by atoms with Gasteiger partial charge < -0.3 is 15.0 Å². The summed E-state index contributed by atoms with van der Waals surface area (Å²) < 4.78 is 5.77. The lowest BCUT2D eigenvalue weighted by Crippen LogP contribution is -2.51. The highest BCUT2D eigenvalue weighted by molar-refractivity contribution is 6.31. The Balaban J connectivity index is 2.20. The summed E-state index contributed by atoms with van der Waals surface area (Å²) in [4.78, 5) is 27.8. The molecule has 0 radical (unpaired) electrons. The second kappa shape index (κ2) is 12.5. The van der Waals surface area contributed by atoms with Crippen LogP contribution in [0.4, 0.5) is 0 Å². The third-order valence-electron chi connectivity index (χ3n) is 5.59. The van der Waals surface area contributed by atoms with Crippen LogP contribution in [0.1, 0.15) is 64.5 Å². The average molecular weight is 459 g/mol. The number of amides is 2. The quantitative estimate of drug-likeness (QED) is 0.479. The lowest BCUT2D eigenvalue weighted by molar-refractivity contribution is -0.143. The summed E-state index contributed by atoms with van der Waals surface area (Å²) in [5.41, 5.74) is 2.00. The number of ether oxygens (including phenoxy) is 1. The van der Waals surface area contributed by atoms with Gasteiger partial charge in [-0.05, 0) is 55.0 Å². The summed E-state index contributed by atoms with van der Waals surface area (Å²) in [6, 6.07) is 14.5. The molecule has 0 fully saturated rings. The zero-order valence-corrected chi connectivity index (χ0v) is 20.5. The monoisotopic (exact) mass is 458 g/mol. The number of hydrogen-bond donors (Lipinski definition) is 1. The molecule has 1 N–H and O–H groups in total. The van der Waals surface area contributed by atoms with E-state index in [4.69, 9.17) is 16.3 Å². The molecule has 0 aliphatic carbocycles. The summed E-state index contributed by atoms with van der Waals surface area (Å²) >= 11 is 6.35. The lowest BCUT2D eigenvalue weighted by atomic mass is 10.0. The van der Waals surface area contributed by atoms with Gasteiger partial charge in [-0.25, -0.2) is 0 Å². The normalized spacial score (nSPS) is 12.8. The molecule has 2 atom stereocenters. The zero-order valence-electron chi connectivity index (χ0n) is 19.7. The molecule has 2 aromatic rings. The third-order valence-corrected chi connectivity index (χ3v) is 5.96. The van der Waals surface area contributed by atoms with Crippen LogP contribution in [0.25, 0.3) is 0 Å². The van der Waals surface area contributed by atoms with E-state index < -0.39 is 6.04 Å². The van der Waals surface area contributed by atoms with Crippen molar-refractivity contribution in [3.8, 4) is 5.75 Å². The first kappa shape index (κ1) is 25.7. The molecule has 0 aromatic heterocycles. The van der Waals surface area contributed by atoms with E-state index in [1.807, 2.05) is 63.2 Å². The van der Waals surface area contributed by atoms with Crippen molar-refractivity contribution in [1.82, 2.24) is 10.2 Å². The van der Waals surface area contributed by atoms with Crippen LogP contribution in [0.3, 0.4) is 0 Å². The minimum Gasteiger partial charge on any atom is -0.484 e. The van der Waals surface area contributed by atoms with Gasteiger partial charge in [-0.1, -0.05) is 69.6 Å². The smallest absolute Gasteiger partial charge is 0.261 e. The molecular weight excluding hydrogens is 424 g/mol. The molecule has 0 aliphatic heterocycles. The van der Waals surface area contributed by atoms with Crippen LogP contribution >= 0.6 is 11.6 Å². The van der Waals surface area contributed by atoms with Gasteiger partial charge in [0.1, 0.15) is 11.8 Å². The molecule has 0 heterocycles. The minimum absolute atomic E-state index is 0.0320. The number of hydrogen-bond acceptors (Lipinski definition) is 3. The van der Waals surface area contributed by atoms with E-state index in [1.165, 1.54) is 5.56 Å². The van der Waals surface area contributed by atoms with E-state index in [1.54, 1.807) is 11.0 Å². The van der Waals surface area contributed by atoms with E-state index in [2.05, 4.69) is 19.2 Å². The predicted molar refractivity (Wildman–Crippen MR) is 130 cm³/mol. The molecule has 0 aliphatic rings. The SMILES string of the molecule is CC[C@@H](C)NC(=O)[C@H](CC)N(Cc1ccccc1Cl)C(=O)COc1ccc(C(C)C)cc1. The predicted octanol–water partition coefficient (Wildman–Crippen LogP) is 5.56. The van der Waals surface area contributed by atoms with Crippen LogP contribution in [0, 0.1) is 0 Å². The van der Waals surface area contributed by atoms with Gasteiger partial charge in [-0.3, -0.25) is 9.59 Å². The number of carbonyl (C=O) groups excluding carboxylic acids is 2. The van der Waals surface area contributed by atoms with Gasteiger partial charge in [-0.2, -0.15) is 0 Å². The van der Waals surface area contributed by atoms with Crippen molar-refractivity contribution in [2.45, 2.75) is 72.0 Å². The van der Waals surface area contributed by atoms with E-state index in [0.717, 1.165) is 12.0 Å². The maximum Gasteiger partial charge on any atom is 0.261 e. The van der Waals surface area contributed by atoms with Crippen LogP contribution in [0.2, 0.25) is 5.02 Å². The van der Waals surface area contributed by atoms with Gasteiger partial charge >= 0.3 is 0 Å². The first-order chi connectivity index (χ1) is 15.3. The molecule has 0 spiro atoms. The Morgan fingerprint density at radius 1 is 1.00 bits per heavy atom. The topological polar surface area (TPSA) is 58.6 Å². The maximum atomic E-state index is 13.2. The van der Waals surface area contributed by atoms with Gasteiger partial charge in [0.15, 0.2) is 6.61 Å². The van der Waals surface area contributed by atoms with Crippen molar-refractivity contribution in [3.63, 3.8) is 0 Å². The van der Waals surface area contributed by atoms with Crippen molar-refractivity contribution in [3.05, 3.63) is 64.7 Å². The fraction of sp³-hybridized carbons (Fsp3) is 0.462. The largest absolute Gasteiger partial charge is 0.484 e. The third kappa shape index (κ3) is 7.27. The standard InChI is InChI=1S/C26H35ClN2O3/c1-6-19(5)28-26(31)24(7-2)29(16-21-10-8-9-11-23(21)27)25(30)17-32-22-14-12-20(13-15-22)18(3)4/h8-15,18-19,24H,6-7,16-17H2,1-5H3,(H,28,31)/t19-,24+/m1/s1. The van der Waals surface area contributed by atoms with Crippen molar-refractivity contribution in [1.29, 1.82) is 0 Å². The molecule has 5 nitrogen and oxygen atoms in total. The highest BCUT2D eigenvalue weighted by Crippen LogP contribution is 2.21. The van der Waals surface area contributed by atoms with Crippen LogP contribution < -0.4 is 10.1 Å². The Labute approximate surface area is 197 Å². The van der Waals surface area contributed by atoms with Crippen LogP contribution in [-0.2, 0) is 16.1 Å². The second-order valence-electron chi connectivity index (χ2n) is 8.37. The van der Waals surface area contributed by atoms with Crippen LogP contribution in [0.15, 0.2) is 48.5 Å². The van der Waals surface area contributed by atoms with Crippen LogP contribution in [0.5, 0.6) is 5.75 Å². The molecule has 2 aromatic carbocycles.